The summed E-state index contributed by atoms with van der Waals surface area (Å²) in [5, 5.41) is 0. The molecule has 0 fully saturated rings. The van der Waals surface area contributed by atoms with E-state index in [1.165, 1.54) is 36.8 Å². The molecule has 0 radical (unpaired) electrons. The Hall–Kier alpha value is -0.0403. The molecule has 6 heteroatoms. The fourth-order valence-corrected chi connectivity index (χ4v) is 4.58. The second-order valence-corrected chi connectivity index (χ2v) is 10.5. The molecule has 0 aliphatic heterocycles. The molecule has 0 saturated heterocycles. The van der Waals surface area contributed by atoms with Gasteiger partial charge in [-0.2, -0.15) is 0 Å². The Balaban J connectivity index is -0.00000102. The average molecular weight is 488 g/mol. The number of hydrogen-bond acceptors (Lipinski definition) is 5. The largest absolute Gasteiger partial charge is 2.00 e. The van der Waals surface area contributed by atoms with Gasteiger partial charge in [-0.3, -0.25) is 4.98 Å². The summed E-state index contributed by atoms with van der Waals surface area (Å²) in [6.45, 7) is 11.9. The predicted molar refractivity (Wildman–Crippen MR) is 147 cm³/mol. The van der Waals surface area contributed by atoms with Gasteiger partial charge < -0.3 is 8.59 Å². The van der Waals surface area contributed by atoms with Crippen LogP contribution in [0.15, 0.2) is 53.8 Å². The Morgan fingerprint density at radius 2 is 1.71 bits per heavy atom. The zero-order valence-corrected chi connectivity index (χ0v) is 23.9. The van der Waals surface area contributed by atoms with Crippen LogP contribution >= 0.6 is 23.5 Å². The van der Waals surface area contributed by atoms with Gasteiger partial charge in [-0.15, -0.1) is 0 Å². The third kappa shape index (κ3) is 14.7. The topological polar surface area (TPSA) is 51.3 Å². The van der Waals surface area contributed by atoms with Gasteiger partial charge in [0.1, 0.15) is 4.38 Å². The summed E-state index contributed by atoms with van der Waals surface area (Å²) >= 11 is 3.67. The summed E-state index contributed by atoms with van der Waals surface area (Å²) in [4.78, 5) is 8.94. The van der Waals surface area contributed by atoms with Crippen LogP contribution in [0.3, 0.4) is 0 Å². The van der Waals surface area contributed by atoms with Crippen molar-refractivity contribution in [1.82, 2.24) is 4.98 Å². The molecule has 2 rings (SSSR count). The maximum Gasteiger partial charge on any atom is 2.00 e. The first-order valence-corrected chi connectivity index (χ1v) is 12.9. The molecule has 1 aromatic heterocycles. The Morgan fingerprint density at radius 1 is 1.03 bits per heavy atom. The number of aromatic nitrogens is 1. The van der Waals surface area contributed by atoms with Crippen LogP contribution in [0, 0.1) is 0 Å². The van der Waals surface area contributed by atoms with Crippen molar-refractivity contribution in [1.29, 1.82) is 0 Å². The Labute approximate surface area is 231 Å². The fourth-order valence-electron chi connectivity index (χ4n) is 2.39. The van der Waals surface area contributed by atoms with Gasteiger partial charge in [0.05, 0.1) is 11.9 Å². The molecule has 0 aliphatic carbocycles. The van der Waals surface area contributed by atoms with E-state index < -0.39 is 0 Å². The number of hydrogen-bond donors (Lipinski definition) is 1. The number of nitrogens with two attached hydrogens (primary N) is 1. The molecule has 0 spiro atoms. The van der Waals surface area contributed by atoms with E-state index in [1.54, 1.807) is 6.20 Å². The van der Waals surface area contributed by atoms with Gasteiger partial charge in [-0.25, -0.2) is 4.99 Å². The second kappa shape index (κ2) is 18.4. The fraction of sp³-hybridized carbons (Fsp3) is 0.520. The monoisotopic (exact) mass is 487 g/mol. The molecule has 0 amide bonds. The zero-order chi connectivity index (χ0) is 22.2. The summed E-state index contributed by atoms with van der Waals surface area (Å²) in [5.41, 5.74) is 8.99. The SMILES string of the molecule is CCCCN.CCCCSC(=Nc1cccnc1)SCc1ccc(C(C)(C)C)cc1.[Ca+2].[H-].[H-]. The van der Waals surface area contributed by atoms with E-state index in [9.17, 15) is 0 Å². The van der Waals surface area contributed by atoms with E-state index in [1.807, 2.05) is 41.9 Å². The first kappa shape index (κ1) is 31.0. The molecular formula is C25H41CaN3S2. The summed E-state index contributed by atoms with van der Waals surface area (Å²) < 4.78 is 1.13. The van der Waals surface area contributed by atoms with Crippen LogP contribution in [0.2, 0.25) is 0 Å². The minimum atomic E-state index is 0. The molecule has 1 aromatic carbocycles. The van der Waals surface area contributed by atoms with Crippen LogP contribution in [-0.2, 0) is 11.2 Å². The van der Waals surface area contributed by atoms with E-state index in [0.29, 0.717) is 0 Å². The number of rotatable bonds is 8. The molecule has 0 bridgehead atoms. The normalized spacial score (nSPS) is 11.4. The number of benzene rings is 1. The van der Waals surface area contributed by atoms with Crippen LogP contribution in [0.1, 0.15) is 74.3 Å². The van der Waals surface area contributed by atoms with Gasteiger partial charge in [0.15, 0.2) is 0 Å². The standard InChI is InChI=1S/C21H28N2S2.C4H11N.Ca.2H/c1-5-6-14-24-20(23-19-8-7-13-22-15-19)25-16-17-9-11-18(12-10-17)21(2,3)4;1-2-3-4-5;;;/h7-13,15H,5-6,14,16H2,1-4H3;2-5H2,1H3;;;/q;;+2;2*-1. The van der Waals surface area contributed by atoms with Crippen molar-refractivity contribution in [2.45, 2.75) is 71.5 Å². The maximum atomic E-state index is 5.14. The van der Waals surface area contributed by atoms with Crippen molar-refractivity contribution in [2.75, 3.05) is 12.3 Å². The van der Waals surface area contributed by atoms with E-state index >= 15 is 0 Å². The minimum absolute atomic E-state index is 0. The van der Waals surface area contributed by atoms with Crippen LogP contribution in [-0.4, -0.2) is 59.4 Å². The third-order valence-corrected chi connectivity index (χ3v) is 6.68. The number of unbranched alkanes of at least 4 members (excludes halogenated alkanes) is 2. The number of nitrogens with zero attached hydrogens (tertiary/aromatic N) is 2. The van der Waals surface area contributed by atoms with Gasteiger partial charge in [-0.1, -0.05) is 95.2 Å². The number of aliphatic imine (C=N–C) groups is 1. The van der Waals surface area contributed by atoms with Gasteiger partial charge in [0.25, 0.3) is 0 Å². The number of thioether (sulfide) groups is 2. The molecule has 0 unspecified atom stereocenters. The van der Waals surface area contributed by atoms with E-state index in [-0.39, 0.29) is 46.0 Å². The van der Waals surface area contributed by atoms with Gasteiger partial charge in [-0.05, 0) is 53.8 Å². The van der Waals surface area contributed by atoms with Crippen molar-refractivity contribution >= 4 is 71.3 Å². The van der Waals surface area contributed by atoms with Crippen molar-refractivity contribution in [2.24, 2.45) is 10.7 Å². The Bertz CT molecular complexity index is 723. The summed E-state index contributed by atoms with van der Waals surface area (Å²) in [6, 6.07) is 12.9. The van der Waals surface area contributed by atoms with Crippen LogP contribution in [0.4, 0.5) is 5.69 Å². The number of pyridine rings is 1. The minimum Gasteiger partial charge on any atom is -1.00 e. The molecule has 1 heterocycles. The second-order valence-electron chi connectivity index (χ2n) is 8.17. The summed E-state index contributed by atoms with van der Waals surface area (Å²) in [5.74, 6) is 2.06. The summed E-state index contributed by atoms with van der Waals surface area (Å²) in [7, 11) is 0. The molecule has 2 N–H and O–H groups in total. The maximum absolute atomic E-state index is 5.14. The zero-order valence-electron chi connectivity index (χ0n) is 22.1. The van der Waals surface area contributed by atoms with E-state index in [4.69, 9.17) is 10.7 Å². The smallest absolute Gasteiger partial charge is 1.00 e. The van der Waals surface area contributed by atoms with Crippen LogP contribution < -0.4 is 5.73 Å². The molecule has 2 aromatic rings. The molecule has 31 heavy (non-hydrogen) atoms. The van der Waals surface area contributed by atoms with Gasteiger partial charge in [0.2, 0.25) is 0 Å². The molecule has 3 nitrogen and oxygen atoms in total. The van der Waals surface area contributed by atoms with Crippen molar-refractivity contribution in [3.63, 3.8) is 0 Å². The molecule has 0 saturated carbocycles. The van der Waals surface area contributed by atoms with Gasteiger partial charge in [0, 0.05) is 11.9 Å². The first-order chi connectivity index (χ1) is 14.4. The predicted octanol–water partition coefficient (Wildman–Crippen LogP) is 7.42. The van der Waals surface area contributed by atoms with Crippen LogP contribution in [0.25, 0.3) is 0 Å². The van der Waals surface area contributed by atoms with Gasteiger partial charge >= 0.3 is 37.7 Å². The van der Waals surface area contributed by atoms with E-state index in [0.717, 1.165) is 28.1 Å². The van der Waals surface area contributed by atoms with E-state index in [2.05, 4.69) is 63.9 Å². The molecular weight excluding hydrogens is 447 g/mol. The van der Waals surface area contributed by atoms with Crippen molar-refractivity contribution in [3.8, 4) is 0 Å². The Morgan fingerprint density at radius 3 is 2.19 bits per heavy atom. The molecule has 170 valence electrons. The van der Waals surface area contributed by atoms with Crippen LogP contribution in [0.5, 0.6) is 0 Å². The average Bonchev–Trinajstić information content (AvgIpc) is 2.73. The first-order valence-electron chi connectivity index (χ1n) is 10.9. The van der Waals surface area contributed by atoms with Crippen molar-refractivity contribution in [3.05, 3.63) is 59.9 Å². The Kier molecular flexibility index (Phi) is 18.4. The summed E-state index contributed by atoms with van der Waals surface area (Å²) in [6.07, 6.45) is 8.42. The van der Waals surface area contributed by atoms with Crippen molar-refractivity contribution < 1.29 is 2.85 Å². The molecule has 0 aliphatic rings. The quantitative estimate of drug-likeness (QED) is 0.182. The molecule has 0 atom stereocenters. The third-order valence-electron chi connectivity index (χ3n) is 4.33.